The number of methoxy groups -OCH3 is 1. The molecule has 130 valence electrons. The van der Waals surface area contributed by atoms with Crippen molar-refractivity contribution in [2.75, 3.05) is 13.7 Å². The summed E-state index contributed by atoms with van der Waals surface area (Å²) in [6.07, 6.45) is 2.71. The molecule has 0 aliphatic carbocycles. The van der Waals surface area contributed by atoms with Crippen molar-refractivity contribution in [1.82, 2.24) is 10.6 Å². The van der Waals surface area contributed by atoms with Crippen LogP contribution in [0.25, 0.3) is 6.08 Å². The fraction of sp³-hybridized carbons (Fsp3) is 0.118. The average molecular weight is 343 g/mol. The van der Waals surface area contributed by atoms with E-state index in [1.807, 2.05) is 0 Å². The Morgan fingerprint density at radius 1 is 1.20 bits per heavy atom. The van der Waals surface area contributed by atoms with Gasteiger partial charge in [-0.3, -0.25) is 9.59 Å². The first-order valence-corrected chi connectivity index (χ1v) is 7.18. The van der Waals surface area contributed by atoms with Crippen molar-refractivity contribution in [2.24, 2.45) is 0 Å². The molecular weight excluding hydrogens is 328 g/mol. The summed E-state index contributed by atoms with van der Waals surface area (Å²) >= 11 is 0. The summed E-state index contributed by atoms with van der Waals surface area (Å²) in [5.41, 5.74) is 0.451. The average Bonchev–Trinajstić information content (AvgIpc) is 3.14. The first kappa shape index (κ1) is 17.8. The predicted molar refractivity (Wildman–Crippen MR) is 85.2 cm³/mol. The van der Waals surface area contributed by atoms with Gasteiger partial charge >= 0.3 is 0 Å². The number of carboxylic acids is 1. The lowest BCUT2D eigenvalue weighted by molar-refractivity contribution is -0.303. The summed E-state index contributed by atoms with van der Waals surface area (Å²) in [5, 5.41) is 15.0. The van der Waals surface area contributed by atoms with Crippen LogP contribution in [0, 0.1) is 0 Å². The van der Waals surface area contributed by atoms with Crippen molar-refractivity contribution in [3.05, 3.63) is 59.7 Å². The van der Waals surface area contributed by atoms with Crippen LogP contribution in [-0.2, 0) is 9.59 Å². The van der Waals surface area contributed by atoms with Gasteiger partial charge < -0.3 is 29.7 Å². The lowest BCUT2D eigenvalue weighted by Crippen LogP contribution is -2.41. The summed E-state index contributed by atoms with van der Waals surface area (Å²) in [7, 11) is 1.52. The van der Waals surface area contributed by atoms with Gasteiger partial charge in [-0.05, 0) is 35.9 Å². The van der Waals surface area contributed by atoms with Gasteiger partial charge in [-0.2, -0.15) is 0 Å². The predicted octanol–water partition coefficient (Wildman–Crippen LogP) is -0.0748. The van der Waals surface area contributed by atoms with E-state index in [1.165, 1.54) is 31.6 Å². The zero-order valence-electron chi connectivity index (χ0n) is 13.3. The molecule has 0 atom stereocenters. The molecule has 0 fully saturated rings. The van der Waals surface area contributed by atoms with Gasteiger partial charge in [0.05, 0.1) is 25.9 Å². The number of carbonyl (C=O) groups excluding carboxylic acids is 3. The van der Waals surface area contributed by atoms with Crippen molar-refractivity contribution >= 4 is 23.9 Å². The van der Waals surface area contributed by atoms with Crippen LogP contribution in [-0.4, -0.2) is 31.4 Å². The van der Waals surface area contributed by atoms with E-state index in [-0.39, 0.29) is 11.5 Å². The van der Waals surface area contributed by atoms with Crippen LogP contribution in [0.4, 0.5) is 0 Å². The van der Waals surface area contributed by atoms with Gasteiger partial charge in [-0.25, -0.2) is 0 Å². The lowest BCUT2D eigenvalue weighted by atomic mass is 10.1. The second-order valence-corrected chi connectivity index (χ2v) is 4.82. The Bertz CT molecular complexity index is 778. The molecule has 0 radical (unpaired) electrons. The van der Waals surface area contributed by atoms with Crippen LogP contribution in [0.15, 0.2) is 52.8 Å². The zero-order chi connectivity index (χ0) is 18.2. The van der Waals surface area contributed by atoms with Crippen LogP contribution in [0.3, 0.4) is 0 Å². The third-order valence-electron chi connectivity index (χ3n) is 3.06. The van der Waals surface area contributed by atoms with E-state index in [0.29, 0.717) is 11.3 Å². The maximum Gasteiger partial charge on any atom is 0.291 e. The molecule has 0 saturated heterocycles. The summed E-state index contributed by atoms with van der Waals surface area (Å²) in [6.45, 7) is -0.685. The quantitative estimate of drug-likeness (QED) is 0.679. The molecule has 2 N–H and O–H groups in total. The number of furan rings is 1. The highest BCUT2D eigenvalue weighted by molar-refractivity contribution is 6.04. The van der Waals surface area contributed by atoms with Gasteiger partial charge in [0.25, 0.3) is 11.8 Å². The Labute approximate surface area is 143 Å². The molecule has 1 aromatic heterocycles. The standard InChI is InChI=1S/C17H16N2O6/c1-24-12-6-4-11(5-7-12)9-13(16(22)18-10-15(20)21)19-17(23)14-3-2-8-25-14/h2-9H,10H2,1H3,(H,18,22)(H,19,23)(H,20,21)/p-1/b13-9-. The molecule has 1 aromatic carbocycles. The highest BCUT2D eigenvalue weighted by Gasteiger charge is 2.16. The molecule has 2 rings (SSSR count). The van der Waals surface area contributed by atoms with Crippen LogP contribution in [0.2, 0.25) is 0 Å². The number of rotatable bonds is 7. The fourth-order valence-electron chi connectivity index (χ4n) is 1.86. The van der Waals surface area contributed by atoms with E-state index >= 15 is 0 Å². The number of amides is 2. The Morgan fingerprint density at radius 3 is 2.48 bits per heavy atom. The number of carboxylic acid groups (broad SMARTS) is 1. The molecule has 8 nitrogen and oxygen atoms in total. The topological polar surface area (TPSA) is 121 Å². The number of ether oxygens (including phenoxy) is 1. The van der Waals surface area contributed by atoms with Gasteiger partial charge in [-0.15, -0.1) is 0 Å². The highest BCUT2D eigenvalue weighted by Crippen LogP contribution is 2.14. The first-order chi connectivity index (χ1) is 12.0. The second-order valence-electron chi connectivity index (χ2n) is 4.82. The SMILES string of the molecule is COc1ccc(/C=C(\NC(=O)c2ccco2)C(=O)NCC(=O)[O-])cc1. The van der Waals surface area contributed by atoms with Gasteiger partial charge in [0.15, 0.2) is 5.76 Å². The zero-order valence-corrected chi connectivity index (χ0v) is 13.3. The largest absolute Gasteiger partial charge is 0.548 e. The first-order valence-electron chi connectivity index (χ1n) is 7.18. The normalized spacial score (nSPS) is 10.8. The van der Waals surface area contributed by atoms with Crippen molar-refractivity contribution < 1.29 is 28.6 Å². The number of hydrogen-bond acceptors (Lipinski definition) is 6. The maximum absolute atomic E-state index is 12.1. The van der Waals surface area contributed by atoms with Gasteiger partial charge in [0, 0.05) is 0 Å². The maximum atomic E-state index is 12.1. The molecule has 8 heteroatoms. The molecule has 0 aliphatic rings. The monoisotopic (exact) mass is 343 g/mol. The molecule has 1 heterocycles. The number of nitrogens with one attached hydrogen (secondary N) is 2. The molecule has 0 unspecified atom stereocenters. The Kier molecular flexibility index (Phi) is 5.94. The van der Waals surface area contributed by atoms with E-state index in [1.54, 1.807) is 24.3 Å². The Balaban J connectivity index is 2.23. The molecule has 2 aromatic rings. The van der Waals surface area contributed by atoms with E-state index in [4.69, 9.17) is 9.15 Å². The van der Waals surface area contributed by atoms with Crippen molar-refractivity contribution in [3.63, 3.8) is 0 Å². The van der Waals surface area contributed by atoms with Gasteiger partial charge in [0.1, 0.15) is 11.4 Å². The minimum absolute atomic E-state index is 0.00771. The molecule has 0 bridgehead atoms. The fourth-order valence-corrected chi connectivity index (χ4v) is 1.86. The highest BCUT2D eigenvalue weighted by atomic mass is 16.5. The van der Waals surface area contributed by atoms with E-state index < -0.39 is 24.3 Å². The number of benzene rings is 1. The second kappa shape index (κ2) is 8.34. The van der Waals surface area contributed by atoms with E-state index in [9.17, 15) is 19.5 Å². The summed E-state index contributed by atoms with van der Waals surface area (Å²) in [6, 6.07) is 9.65. The molecule has 25 heavy (non-hydrogen) atoms. The van der Waals surface area contributed by atoms with Gasteiger partial charge in [0.2, 0.25) is 0 Å². The van der Waals surface area contributed by atoms with Crippen LogP contribution in [0.1, 0.15) is 16.1 Å². The van der Waals surface area contributed by atoms with Crippen molar-refractivity contribution in [3.8, 4) is 5.75 Å². The van der Waals surface area contributed by atoms with Crippen LogP contribution in [0.5, 0.6) is 5.75 Å². The van der Waals surface area contributed by atoms with Gasteiger partial charge in [-0.1, -0.05) is 12.1 Å². The smallest absolute Gasteiger partial charge is 0.291 e. The number of aliphatic carboxylic acids is 1. The summed E-state index contributed by atoms with van der Waals surface area (Å²) in [5.74, 6) is -2.24. The number of carbonyl (C=O) groups is 3. The van der Waals surface area contributed by atoms with Crippen LogP contribution < -0.4 is 20.5 Å². The van der Waals surface area contributed by atoms with E-state index in [0.717, 1.165) is 0 Å². The minimum atomic E-state index is -1.45. The van der Waals surface area contributed by atoms with Crippen molar-refractivity contribution in [2.45, 2.75) is 0 Å². The Morgan fingerprint density at radius 2 is 1.92 bits per heavy atom. The lowest BCUT2D eigenvalue weighted by Gasteiger charge is -2.11. The third kappa shape index (κ3) is 5.24. The molecule has 0 aliphatic heterocycles. The third-order valence-corrected chi connectivity index (χ3v) is 3.06. The van der Waals surface area contributed by atoms with Crippen LogP contribution >= 0.6 is 0 Å². The summed E-state index contributed by atoms with van der Waals surface area (Å²) < 4.78 is 10.0. The Hall–Kier alpha value is -3.55. The molecule has 0 spiro atoms. The van der Waals surface area contributed by atoms with E-state index in [2.05, 4.69) is 10.6 Å². The number of hydrogen-bond donors (Lipinski definition) is 2. The molecule has 2 amide bonds. The molecular formula is C17H15N2O6-. The minimum Gasteiger partial charge on any atom is -0.548 e. The molecule has 0 saturated carbocycles. The summed E-state index contributed by atoms with van der Waals surface area (Å²) in [4.78, 5) is 34.7. The van der Waals surface area contributed by atoms with Crippen molar-refractivity contribution in [1.29, 1.82) is 0 Å².